The number of amides is 2. The van der Waals surface area contributed by atoms with Gasteiger partial charge in [0.25, 0.3) is 0 Å². The third-order valence-electron chi connectivity index (χ3n) is 4.70. The van der Waals surface area contributed by atoms with Crippen LogP contribution in [0.1, 0.15) is 18.4 Å². The number of anilines is 1. The first-order valence-corrected chi connectivity index (χ1v) is 8.73. The Balaban J connectivity index is 1.48. The van der Waals surface area contributed by atoms with Crippen molar-refractivity contribution in [3.8, 4) is 0 Å². The van der Waals surface area contributed by atoms with Gasteiger partial charge >= 0.3 is 6.03 Å². The van der Waals surface area contributed by atoms with Crippen LogP contribution in [-0.4, -0.2) is 68.4 Å². The van der Waals surface area contributed by atoms with Gasteiger partial charge in [-0.3, -0.25) is 4.90 Å². The Bertz CT molecular complexity index is 538. The van der Waals surface area contributed by atoms with Crippen molar-refractivity contribution in [2.75, 3.05) is 51.8 Å². The highest BCUT2D eigenvalue weighted by molar-refractivity contribution is 5.90. The molecular weight excluding hydrogens is 306 g/mol. The van der Waals surface area contributed by atoms with Crippen molar-refractivity contribution in [3.63, 3.8) is 0 Å². The van der Waals surface area contributed by atoms with Crippen molar-refractivity contribution in [2.45, 2.75) is 25.6 Å². The summed E-state index contributed by atoms with van der Waals surface area (Å²) in [5.41, 5.74) is 1.82. The molecule has 0 saturated carbocycles. The minimum absolute atomic E-state index is 0.0321. The van der Waals surface area contributed by atoms with Gasteiger partial charge in [-0.25, -0.2) is 4.79 Å². The van der Waals surface area contributed by atoms with Crippen molar-refractivity contribution < 1.29 is 14.3 Å². The summed E-state index contributed by atoms with van der Waals surface area (Å²) in [6.45, 7) is 5.71. The van der Waals surface area contributed by atoms with E-state index in [1.54, 1.807) is 7.11 Å². The SMILES string of the molecule is COCc1ccccc1NC(=O)N1CCN(C[C@H]2CCCO2)CC1. The smallest absolute Gasteiger partial charge is 0.321 e. The predicted octanol–water partition coefficient (Wildman–Crippen LogP) is 2.16. The zero-order chi connectivity index (χ0) is 16.8. The zero-order valence-corrected chi connectivity index (χ0v) is 14.4. The van der Waals surface area contributed by atoms with Crippen LogP contribution < -0.4 is 5.32 Å². The molecule has 1 N–H and O–H groups in total. The molecule has 6 heteroatoms. The van der Waals surface area contributed by atoms with Gasteiger partial charge in [-0.05, 0) is 18.9 Å². The lowest BCUT2D eigenvalue weighted by molar-refractivity contribution is 0.0572. The number of carbonyl (C=O) groups excluding carboxylic acids is 1. The Morgan fingerprint density at radius 2 is 2.08 bits per heavy atom. The molecule has 2 saturated heterocycles. The van der Waals surface area contributed by atoms with Crippen LogP contribution in [0.5, 0.6) is 0 Å². The lowest BCUT2D eigenvalue weighted by Gasteiger charge is -2.35. The molecule has 1 aromatic rings. The van der Waals surface area contributed by atoms with E-state index in [0.29, 0.717) is 12.7 Å². The Morgan fingerprint density at radius 3 is 2.79 bits per heavy atom. The first kappa shape index (κ1) is 17.2. The fourth-order valence-electron chi connectivity index (χ4n) is 3.33. The number of carbonyl (C=O) groups is 1. The molecule has 3 rings (SSSR count). The van der Waals surface area contributed by atoms with Gasteiger partial charge in [-0.15, -0.1) is 0 Å². The van der Waals surface area contributed by atoms with Crippen molar-refractivity contribution in [3.05, 3.63) is 29.8 Å². The number of nitrogens with one attached hydrogen (secondary N) is 1. The summed E-state index contributed by atoms with van der Waals surface area (Å²) in [7, 11) is 1.66. The topological polar surface area (TPSA) is 54.0 Å². The third-order valence-corrected chi connectivity index (χ3v) is 4.70. The summed E-state index contributed by atoms with van der Waals surface area (Å²) < 4.78 is 10.9. The van der Waals surface area contributed by atoms with Gasteiger partial charge in [0.1, 0.15) is 0 Å². The highest BCUT2D eigenvalue weighted by Gasteiger charge is 2.25. The summed E-state index contributed by atoms with van der Waals surface area (Å²) in [6, 6.07) is 7.73. The van der Waals surface area contributed by atoms with E-state index in [-0.39, 0.29) is 6.03 Å². The molecule has 0 spiro atoms. The average molecular weight is 333 g/mol. The summed E-state index contributed by atoms with van der Waals surface area (Å²) >= 11 is 0. The number of methoxy groups -OCH3 is 1. The zero-order valence-electron chi connectivity index (χ0n) is 14.4. The Morgan fingerprint density at radius 1 is 1.29 bits per heavy atom. The largest absolute Gasteiger partial charge is 0.380 e. The van der Waals surface area contributed by atoms with E-state index in [0.717, 1.165) is 57.0 Å². The molecule has 1 atom stereocenters. The maximum Gasteiger partial charge on any atom is 0.321 e. The van der Waals surface area contributed by atoms with Gasteiger partial charge in [-0.1, -0.05) is 18.2 Å². The molecule has 1 aromatic carbocycles. The maximum absolute atomic E-state index is 12.5. The molecule has 0 aliphatic carbocycles. The number of hydrogen-bond donors (Lipinski definition) is 1. The molecule has 6 nitrogen and oxygen atoms in total. The number of nitrogens with zero attached hydrogens (tertiary/aromatic N) is 2. The molecular formula is C18H27N3O3. The second-order valence-corrected chi connectivity index (χ2v) is 6.44. The molecule has 2 heterocycles. The molecule has 0 bridgehead atoms. The molecule has 2 amide bonds. The van der Waals surface area contributed by atoms with Gasteiger partial charge in [0, 0.05) is 57.7 Å². The lowest BCUT2D eigenvalue weighted by Crippen LogP contribution is -2.51. The van der Waals surface area contributed by atoms with E-state index in [2.05, 4.69) is 10.2 Å². The van der Waals surface area contributed by atoms with Crippen LogP contribution in [0.2, 0.25) is 0 Å². The van der Waals surface area contributed by atoms with Crippen LogP contribution in [0.4, 0.5) is 10.5 Å². The second kappa shape index (κ2) is 8.46. The van der Waals surface area contributed by atoms with Gasteiger partial charge in [0.15, 0.2) is 0 Å². The summed E-state index contributed by atoms with van der Waals surface area (Å²) in [6.07, 6.45) is 2.72. The minimum Gasteiger partial charge on any atom is -0.380 e. The molecule has 2 aliphatic heterocycles. The molecule has 0 aromatic heterocycles. The van der Waals surface area contributed by atoms with Crippen LogP contribution in [0.3, 0.4) is 0 Å². The quantitative estimate of drug-likeness (QED) is 0.897. The van der Waals surface area contributed by atoms with E-state index in [9.17, 15) is 4.79 Å². The lowest BCUT2D eigenvalue weighted by atomic mass is 10.2. The Labute approximate surface area is 143 Å². The number of piperazine rings is 1. The van der Waals surface area contributed by atoms with Crippen LogP contribution in [0.15, 0.2) is 24.3 Å². The molecule has 0 unspecified atom stereocenters. The van der Waals surface area contributed by atoms with E-state index >= 15 is 0 Å². The first-order chi connectivity index (χ1) is 11.8. The number of hydrogen-bond acceptors (Lipinski definition) is 4. The Hall–Kier alpha value is -1.63. The predicted molar refractivity (Wildman–Crippen MR) is 93.2 cm³/mol. The van der Waals surface area contributed by atoms with Crippen LogP contribution in [0.25, 0.3) is 0 Å². The minimum atomic E-state index is -0.0321. The molecule has 0 radical (unpaired) electrons. The standard InChI is InChI=1S/C18H27N3O3/c1-23-14-15-5-2-3-7-17(15)19-18(22)21-10-8-20(9-11-21)13-16-6-4-12-24-16/h2-3,5,7,16H,4,6,8-14H2,1H3,(H,19,22)/t16-/m1/s1. The van der Waals surface area contributed by atoms with Gasteiger partial charge in [-0.2, -0.15) is 0 Å². The highest BCUT2D eigenvalue weighted by Crippen LogP contribution is 2.18. The van der Waals surface area contributed by atoms with E-state index in [1.165, 1.54) is 6.42 Å². The molecule has 24 heavy (non-hydrogen) atoms. The molecule has 2 aliphatic rings. The van der Waals surface area contributed by atoms with Gasteiger partial charge in [0.2, 0.25) is 0 Å². The average Bonchev–Trinajstić information content (AvgIpc) is 3.10. The molecule has 2 fully saturated rings. The van der Waals surface area contributed by atoms with Gasteiger partial charge in [0.05, 0.1) is 12.7 Å². The monoisotopic (exact) mass is 333 g/mol. The number of benzene rings is 1. The fraction of sp³-hybridized carbons (Fsp3) is 0.611. The Kier molecular flexibility index (Phi) is 6.07. The first-order valence-electron chi connectivity index (χ1n) is 8.73. The number of urea groups is 1. The van der Waals surface area contributed by atoms with Crippen molar-refractivity contribution >= 4 is 11.7 Å². The highest BCUT2D eigenvalue weighted by atomic mass is 16.5. The number of rotatable bonds is 5. The summed E-state index contributed by atoms with van der Waals surface area (Å²) in [4.78, 5) is 16.8. The van der Waals surface area contributed by atoms with Crippen LogP contribution >= 0.6 is 0 Å². The van der Waals surface area contributed by atoms with E-state index in [1.807, 2.05) is 29.2 Å². The maximum atomic E-state index is 12.5. The number of ether oxygens (including phenoxy) is 2. The molecule has 132 valence electrons. The van der Waals surface area contributed by atoms with Crippen molar-refractivity contribution in [1.29, 1.82) is 0 Å². The second-order valence-electron chi connectivity index (χ2n) is 6.44. The fourth-order valence-corrected chi connectivity index (χ4v) is 3.33. The van der Waals surface area contributed by atoms with Crippen molar-refractivity contribution in [1.82, 2.24) is 9.80 Å². The van der Waals surface area contributed by atoms with Crippen LogP contribution in [0, 0.1) is 0 Å². The normalized spacial score (nSPS) is 21.9. The van der Waals surface area contributed by atoms with Crippen molar-refractivity contribution in [2.24, 2.45) is 0 Å². The van der Waals surface area contributed by atoms with E-state index in [4.69, 9.17) is 9.47 Å². The summed E-state index contributed by atoms with van der Waals surface area (Å²) in [5, 5.41) is 3.02. The summed E-state index contributed by atoms with van der Waals surface area (Å²) in [5.74, 6) is 0. The van der Waals surface area contributed by atoms with Crippen LogP contribution in [-0.2, 0) is 16.1 Å². The van der Waals surface area contributed by atoms with Gasteiger partial charge < -0.3 is 19.7 Å². The third kappa shape index (κ3) is 4.47. The number of para-hydroxylation sites is 1. The van der Waals surface area contributed by atoms with E-state index < -0.39 is 0 Å².